The number of hydrogen-bond donors (Lipinski definition) is 1. The second-order valence-electron chi connectivity index (χ2n) is 8.54. The van der Waals surface area contributed by atoms with Crippen LogP contribution in [0.1, 0.15) is 66.6 Å². The number of methoxy groups -OCH3 is 1. The van der Waals surface area contributed by atoms with Crippen molar-refractivity contribution in [3.8, 4) is 5.75 Å². The highest BCUT2D eigenvalue weighted by Crippen LogP contribution is 2.47. The van der Waals surface area contributed by atoms with Crippen LogP contribution in [-0.2, 0) is 21.0 Å². The average molecular weight is 393 g/mol. The first-order valence-electron chi connectivity index (χ1n) is 9.33. The monoisotopic (exact) mass is 392 g/mol. The molecule has 1 aliphatic heterocycles. The maximum atomic E-state index is 12.8. The summed E-state index contributed by atoms with van der Waals surface area (Å²) in [4.78, 5) is 12.8. The van der Waals surface area contributed by atoms with Crippen LogP contribution in [0.4, 0.5) is 0 Å². The van der Waals surface area contributed by atoms with Crippen molar-refractivity contribution in [3.05, 3.63) is 40.0 Å². The number of fused-ring (bicyclic) bond motifs is 1. The van der Waals surface area contributed by atoms with Gasteiger partial charge in [0.05, 0.1) is 18.8 Å². The quantitative estimate of drug-likeness (QED) is 0.451. The van der Waals surface area contributed by atoms with Crippen molar-refractivity contribution in [2.45, 2.75) is 71.9 Å². The zero-order valence-electron chi connectivity index (χ0n) is 17.7. The third-order valence-corrected chi connectivity index (χ3v) is 5.60. The number of esters is 1. The van der Waals surface area contributed by atoms with Crippen LogP contribution < -0.4 is 4.74 Å². The van der Waals surface area contributed by atoms with Crippen molar-refractivity contribution in [2.24, 2.45) is 0 Å². The summed E-state index contributed by atoms with van der Waals surface area (Å²) in [6.45, 7) is 17.8. The predicted octanol–water partition coefficient (Wildman–Crippen LogP) is 3.95. The Morgan fingerprint density at radius 2 is 1.96 bits per heavy atom. The highest BCUT2D eigenvalue weighted by atomic mass is 28.3. The smallest absolute Gasteiger partial charge is 0.341 e. The van der Waals surface area contributed by atoms with Crippen LogP contribution in [0.25, 0.3) is 0 Å². The molecule has 6 heteroatoms. The molecule has 2 unspecified atom stereocenters. The van der Waals surface area contributed by atoms with Gasteiger partial charge in [-0.1, -0.05) is 32.9 Å². The van der Waals surface area contributed by atoms with Crippen molar-refractivity contribution >= 4 is 15.0 Å². The summed E-state index contributed by atoms with van der Waals surface area (Å²) in [7, 11) is 0.182. The molecule has 0 spiro atoms. The molecule has 1 aromatic carbocycles. The minimum Gasteiger partial charge on any atom is -0.496 e. The first-order chi connectivity index (χ1) is 12.4. The number of rotatable bonds is 6. The lowest BCUT2D eigenvalue weighted by Crippen LogP contribution is -2.24. The van der Waals surface area contributed by atoms with Crippen molar-refractivity contribution in [1.82, 2.24) is 0 Å². The second-order valence-corrected chi connectivity index (χ2v) is 10.9. The van der Waals surface area contributed by atoms with E-state index in [2.05, 4.69) is 6.58 Å². The molecule has 1 heterocycles. The van der Waals surface area contributed by atoms with Crippen LogP contribution in [0, 0.1) is 6.92 Å². The van der Waals surface area contributed by atoms with Gasteiger partial charge < -0.3 is 19.0 Å². The Labute approximate surface area is 164 Å². The van der Waals surface area contributed by atoms with E-state index in [4.69, 9.17) is 13.9 Å². The SMILES string of the molecule is C=C(C)C(O)Cc1c(OC)c(C)c2c(c1C(C)(C)C)C(=O)OC2O[SiH](C)C. The van der Waals surface area contributed by atoms with Gasteiger partial charge >= 0.3 is 5.97 Å². The number of aliphatic hydroxyl groups is 1. The highest BCUT2D eigenvalue weighted by Gasteiger charge is 2.42. The minimum absolute atomic E-state index is 0.330. The van der Waals surface area contributed by atoms with E-state index in [1.54, 1.807) is 14.0 Å². The molecule has 0 radical (unpaired) electrons. The number of benzene rings is 1. The molecule has 150 valence electrons. The lowest BCUT2D eigenvalue weighted by atomic mass is 9.76. The average Bonchev–Trinajstić information content (AvgIpc) is 2.82. The number of hydrogen-bond acceptors (Lipinski definition) is 5. The molecule has 0 saturated carbocycles. The van der Waals surface area contributed by atoms with Crippen molar-refractivity contribution in [3.63, 3.8) is 0 Å². The molecule has 0 aliphatic carbocycles. The van der Waals surface area contributed by atoms with Gasteiger partial charge in [-0.3, -0.25) is 0 Å². The molecule has 5 nitrogen and oxygen atoms in total. The summed E-state index contributed by atoms with van der Waals surface area (Å²) in [5.74, 6) is 0.308. The van der Waals surface area contributed by atoms with Crippen molar-refractivity contribution < 1.29 is 23.8 Å². The Hall–Kier alpha value is -1.63. The number of aliphatic hydroxyl groups excluding tert-OH is 1. The number of carbonyl (C=O) groups is 1. The van der Waals surface area contributed by atoms with Gasteiger partial charge in [0.15, 0.2) is 9.04 Å². The zero-order valence-corrected chi connectivity index (χ0v) is 18.9. The zero-order chi connectivity index (χ0) is 20.7. The van der Waals surface area contributed by atoms with Gasteiger partial charge in [-0.15, -0.1) is 0 Å². The summed E-state index contributed by atoms with van der Waals surface area (Å²) in [5.41, 5.74) is 4.15. The molecule has 1 N–H and O–H groups in total. The first kappa shape index (κ1) is 21.7. The molecule has 0 bridgehead atoms. The second kappa shape index (κ2) is 7.77. The van der Waals surface area contributed by atoms with Crippen molar-refractivity contribution in [2.75, 3.05) is 7.11 Å². The van der Waals surface area contributed by atoms with Gasteiger partial charge in [0.1, 0.15) is 5.75 Å². The van der Waals surface area contributed by atoms with Crippen LogP contribution in [0.15, 0.2) is 12.2 Å². The van der Waals surface area contributed by atoms with Gasteiger partial charge in [-0.25, -0.2) is 4.79 Å². The molecule has 0 amide bonds. The van der Waals surface area contributed by atoms with Crippen LogP contribution in [-0.4, -0.2) is 33.3 Å². The summed E-state index contributed by atoms with van der Waals surface area (Å²) in [6.07, 6.45) is -1.07. The molecule has 27 heavy (non-hydrogen) atoms. The molecule has 0 saturated heterocycles. The van der Waals surface area contributed by atoms with E-state index in [1.807, 2.05) is 40.8 Å². The standard InChI is InChI=1S/C21H32O5Si/c1-11(2)14(22)10-13-17(21(4,5)6)16-15(12(3)18(13)24-7)20(25-19(16)23)26-27(8)9/h14,20,22,27H,1,10H2,2-9H3. The lowest BCUT2D eigenvalue weighted by molar-refractivity contribution is -0.0398. The summed E-state index contributed by atoms with van der Waals surface area (Å²) in [6, 6.07) is 0. The third kappa shape index (κ3) is 4.12. The van der Waals surface area contributed by atoms with E-state index in [1.165, 1.54) is 0 Å². The van der Waals surface area contributed by atoms with Crippen molar-refractivity contribution in [1.29, 1.82) is 0 Å². The van der Waals surface area contributed by atoms with E-state index in [0.717, 1.165) is 22.3 Å². The summed E-state index contributed by atoms with van der Waals surface area (Å²) >= 11 is 0. The first-order valence-corrected chi connectivity index (χ1v) is 12.1. The van der Waals surface area contributed by atoms with Gasteiger partial charge in [-0.05, 0) is 37.9 Å². The molecule has 1 aliphatic rings. The normalized spacial score (nSPS) is 17.7. The topological polar surface area (TPSA) is 65.0 Å². The fraction of sp³-hybridized carbons (Fsp3) is 0.571. The van der Waals surface area contributed by atoms with E-state index in [-0.39, 0.29) is 11.4 Å². The molecule has 2 atom stereocenters. The predicted molar refractivity (Wildman–Crippen MR) is 109 cm³/mol. The maximum Gasteiger partial charge on any atom is 0.341 e. The Morgan fingerprint density at radius 3 is 2.41 bits per heavy atom. The van der Waals surface area contributed by atoms with E-state index >= 15 is 0 Å². The Morgan fingerprint density at radius 1 is 1.37 bits per heavy atom. The van der Waals surface area contributed by atoms with E-state index in [9.17, 15) is 9.90 Å². The van der Waals surface area contributed by atoms with Gasteiger partial charge in [0, 0.05) is 23.1 Å². The maximum absolute atomic E-state index is 12.8. The fourth-order valence-corrected chi connectivity index (χ4v) is 4.35. The van der Waals surface area contributed by atoms with Gasteiger partial charge in [0.25, 0.3) is 0 Å². The number of carbonyl (C=O) groups excluding carboxylic acids is 1. The molecular formula is C21H32O5Si. The van der Waals surface area contributed by atoms with Crippen LogP contribution in [0.5, 0.6) is 5.75 Å². The Balaban J connectivity index is 2.83. The number of ether oxygens (including phenoxy) is 2. The highest BCUT2D eigenvalue weighted by molar-refractivity contribution is 6.48. The van der Waals surface area contributed by atoms with Crippen LogP contribution in [0.3, 0.4) is 0 Å². The molecular weight excluding hydrogens is 360 g/mol. The Bertz CT molecular complexity index is 761. The molecule has 2 rings (SSSR count). The summed E-state index contributed by atoms with van der Waals surface area (Å²) < 4.78 is 17.4. The van der Waals surface area contributed by atoms with Gasteiger partial charge in [-0.2, -0.15) is 0 Å². The van der Waals surface area contributed by atoms with E-state index in [0.29, 0.717) is 23.3 Å². The number of cyclic esters (lactones) is 1. The van der Waals surface area contributed by atoms with Crippen LogP contribution in [0.2, 0.25) is 13.1 Å². The minimum atomic E-state index is -1.43. The van der Waals surface area contributed by atoms with Crippen LogP contribution >= 0.6 is 0 Å². The van der Waals surface area contributed by atoms with Gasteiger partial charge in [0.2, 0.25) is 6.29 Å². The fourth-order valence-electron chi connectivity index (χ4n) is 3.67. The van der Waals surface area contributed by atoms with E-state index < -0.39 is 21.4 Å². The largest absolute Gasteiger partial charge is 0.496 e. The summed E-state index contributed by atoms with van der Waals surface area (Å²) in [5, 5.41) is 10.5. The Kier molecular flexibility index (Phi) is 6.24. The molecule has 0 aromatic heterocycles. The lowest BCUT2D eigenvalue weighted by Gasteiger charge is -2.29. The molecule has 0 fully saturated rings. The molecule has 1 aromatic rings. The third-order valence-electron chi connectivity index (χ3n) is 4.81.